The molecular weight excluding hydrogens is 186 g/mol. The molecular formula is C13H21NO. The van der Waals surface area contributed by atoms with Crippen LogP contribution in [-0.4, -0.2) is 36.2 Å². The van der Waals surface area contributed by atoms with E-state index in [1.807, 2.05) is 39.2 Å². The number of benzene rings is 1. The molecule has 0 aliphatic heterocycles. The van der Waals surface area contributed by atoms with Crippen LogP contribution in [0.3, 0.4) is 0 Å². The zero-order valence-electron chi connectivity index (χ0n) is 9.85. The van der Waals surface area contributed by atoms with E-state index in [4.69, 9.17) is 0 Å². The fraction of sp³-hybridized carbons (Fsp3) is 0.538. The van der Waals surface area contributed by atoms with E-state index in [0.29, 0.717) is 0 Å². The first-order valence-corrected chi connectivity index (χ1v) is 5.53. The van der Waals surface area contributed by atoms with Gasteiger partial charge in [0.25, 0.3) is 0 Å². The molecule has 0 spiro atoms. The number of nitrogens with zero attached hydrogens (tertiary/aromatic N) is 1. The van der Waals surface area contributed by atoms with Gasteiger partial charge in [-0.05, 0) is 32.5 Å². The molecule has 0 saturated heterocycles. The first kappa shape index (κ1) is 12.2. The van der Waals surface area contributed by atoms with E-state index in [0.717, 1.165) is 12.8 Å². The summed E-state index contributed by atoms with van der Waals surface area (Å²) in [5.41, 5.74) is 1.28. The fourth-order valence-electron chi connectivity index (χ4n) is 1.79. The van der Waals surface area contributed by atoms with Crippen LogP contribution in [0.15, 0.2) is 30.3 Å². The van der Waals surface area contributed by atoms with Gasteiger partial charge in [-0.2, -0.15) is 0 Å². The molecule has 0 bridgehead atoms. The largest absolute Gasteiger partial charge is 0.391 e. The second kappa shape index (κ2) is 5.89. The number of hydrogen-bond acceptors (Lipinski definition) is 2. The lowest BCUT2D eigenvalue weighted by Crippen LogP contribution is -2.40. The number of hydrogen-bond donors (Lipinski definition) is 1. The van der Waals surface area contributed by atoms with Crippen LogP contribution >= 0.6 is 0 Å². The van der Waals surface area contributed by atoms with E-state index >= 15 is 0 Å². The highest BCUT2D eigenvalue weighted by atomic mass is 16.3. The second-order valence-corrected chi connectivity index (χ2v) is 4.20. The molecule has 0 heterocycles. The molecule has 2 heteroatoms. The summed E-state index contributed by atoms with van der Waals surface area (Å²) in [5, 5.41) is 9.91. The summed E-state index contributed by atoms with van der Waals surface area (Å²) >= 11 is 0. The molecule has 0 unspecified atom stereocenters. The van der Waals surface area contributed by atoms with Crippen molar-refractivity contribution in [2.75, 3.05) is 14.1 Å². The van der Waals surface area contributed by atoms with Crippen LogP contribution in [-0.2, 0) is 6.42 Å². The summed E-state index contributed by atoms with van der Waals surface area (Å²) in [5.74, 6) is 0. The molecule has 0 aromatic heterocycles. The highest BCUT2D eigenvalue weighted by Gasteiger charge is 2.19. The van der Waals surface area contributed by atoms with Crippen molar-refractivity contribution in [3.05, 3.63) is 35.9 Å². The van der Waals surface area contributed by atoms with E-state index in [-0.39, 0.29) is 12.1 Å². The SMILES string of the molecule is CC[C@H](O)[C@H](Cc1ccccc1)N(C)C. The molecule has 1 N–H and O–H groups in total. The zero-order chi connectivity index (χ0) is 11.3. The average Bonchev–Trinajstić information content (AvgIpc) is 2.26. The average molecular weight is 207 g/mol. The Morgan fingerprint density at radius 2 is 1.80 bits per heavy atom. The molecule has 1 rings (SSSR count). The third-order valence-electron chi connectivity index (χ3n) is 2.81. The van der Waals surface area contributed by atoms with Crippen molar-refractivity contribution < 1.29 is 5.11 Å². The predicted molar refractivity (Wildman–Crippen MR) is 63.9 cm³/mol. The molecule has 1 aromatic carbocycles. The van der Waals surface area contributed by atoms with Crippen molar-refractivity contribution in [1.29, 1.82) is 0 Å². The molecule has 2 nitrogen and oxygen atoms in total. The lowest BCUT2D eigenvalue weighted by Gasteiger charge is -2.28. The van der Waals surface area contributed by atoms with Gasteiger partial charge in [-0.25, -0.2) is 0 Å². The Morgan fingerprint density at radius 3 is 2.27 bits per heavy atom. The summed E-state index contributed by atoms with van der Waals surface area (Å²) in [7, 11) is 4.04. The minimum absolute atomic E-state index is 0.206. The third-order valence-corrected chi connectivity index (χ3v) is 2.81. The molecule has 15 heavy (non-hydrogen) atoms. The van der Waals surface area contributed by atoms with Gasteiger partial charge >= 0.3 is 0 Å². The topological polar surface area (TPSA) is 23.5 Å². The standard InChI is InChI=1S/C13H21NO/c1-4-13(15)12(14(2)3)10-11-8-6-5-7-9-11/h5-9,12-13,15H,4,10H2,1-3H3/t12-,13-/m0/s1. The van der Waals surface area contributed by atoms with Gasteiger partial charge in [0.2, 0.25) is 0 Å². The quantitative estimate of drug-likeness (QED) is 0.797. The molecule has 2 atom stereocenters. The number of aliphatic hydroxyl groups excluding tert-OH is 1. The van der Waals surface area contributed by atoms with Gasteiger partial charge in [0.15, 0.2) is 0 Å². The van der Waals surface area contributed by atoms with Gasteiger partial charge in [-0.3, -0.25) is 0 Å². The molecule has 0 amide bonds. The number of aliphatic hydroxyl groups is 1. The lowest BCUT2D eigenvalue weighted by atomic mass is 9.99. The van der Waals surface area contributed by atoms with Gasteiger partial charge in [-0.15, -0.1) is 0 Å². The van der Waals surface area contributed by atoms with Crippen molar-refractivity contribution in [1.82, 2.24) is 4.90 Å². The molecule has 0 fully saturated rings. The summed E-state index contributed by atoms with van der Waals surface area (Å²) in [4.78, 5) is 2.10. The Hall–Kier alpha value is -0.860. The Morgan fingerprint density at radius 1 is 1.20 bits per heavy atom. The monoisotopic (exact) mass is 207 g/mol. The van der Waals surface area contributed by atoms with Crippen molar-refractivity contribution >= 4 is 0 Å². The fourth-order valence-corrected chi connectivity index (χ4v) is 1.79. The maximum atomic E-state index is 9.91. The molecule has 0 saturated carbocycles. The summed E-state index contributed by atoms with van der Waals surface area (Å²) in [6.07, 6.45) is 1.46. The van der Waals surface area contributed by atoms with Crippen molar-refractivity contribution in [3.8, 4) is 0 Å². The van der Waals surface area contributed by atoms with E-state index in [1.165, 1.54) is 5.56 Å². The highest BCUT2D eigenvalue weighted by molar-refractivity contribution is 5.16. The summed E-state index contributed by atoms with van der Waals surface area (Å²) < 4.78 is 0. The van der Waals surface area contributed by atoms with E-state index < -0.39 is 0 Å². The number of likely N-dealkylation sites (N-methyl/N-ethyl adjacent to an activating group) is 1. The first-order valence-electron chi connectivity index (χ1n) is 5.53. The molecule has 84 valence electrons. The number of rotatable bonds is 5. The van der Waals surface area contributed by atoms with Crippen molar-refractivity contribution in [3.63, 3.8) is 0 Å². The maximum Gasteiger partial charge on any atom is 0.0695 e. The summed E-state index contributed by atoms with van der Waals surface area (Å²) in [6.45, 7) is 2.02. The van der Waals surface area contributed by atoms with Gasteiger partial charge < -0.3 is 10.0 Å². The highest BCUT2D eigenvalue weighted by Crippen LogP contribution is 2.12. The van der Waals surface area contributed by atoms with Crippen molar-refractivity contribution in [2.45, 2.75) is 31.9 Å². The Kier molecular flexibility index (Phi) is 4.79. The lowest BCUT2D eigenvalue weighted by molar-refractivity contribution is 0.0730. The maximum absolute atomic E-state index is 9.91. The van der Waals surface area contributed by atoms with Crippen LogP contribution in [0.25, 0.3) is 0 Å². The first-order chi connectivity index (χ1) is 7.15. The Balaban J connectivity index is 2.67. The van der Waals surface area contributed by atoms with Gasteiger partial charge in [0, 0.05) is 6.04 Å². The van der Waals surface area contributed by atoms with E-state index in [9.17, 15) is 5.11 Å². The third kappa shape index (κ3) is 3.65. The van der Waals surface area contributed by atoms with E-state index in [2.05, 4.69) is 17.0 Å². The van der Waals surface area contributed by atoms with Crippen molar-refractivity contribution in [2.24, 2.45) is 0 Å². The van der Waals surface area contributed by atoms with Gasteiger partial charge in [0.1, 0.15) is 0 Å². The minimum atomic E-state index is -0.250. The Labute approximate surface area is 92.5 Å². The van der Waals surface area contributed by atoms with Crippen LogP contribution in [0.2, 0.25) is 0 Å². The zero-order valence-corrected chi connectivity index (χ0v) is 9.85. The van der Waals surface area contributed by atoms with Crippen LogP contribution in [0.4, 0.5) is 0 Å². The van der Waals surface area contributed by atoms with Crippen LogP contribution in [0, 0.1) is 0 Å². The van der Waals surface area contributed by atoms with Gasteiger partial charge in [0.05, 0.1) is 6.10 Å². The van der Waals surface area contributed by atoms with Crippen LogP contribution < -0.4 is 0 Å². The summed E-state index contributed by atoms with van der Waals surface area (Å²) in [6, 6.07) is 10.5. The Bertz CT molecular complexity index is 271. The van der Waals surface area contributed by atoms with Gasteiger partial charge in [-0.1, -0.05) is 37.3 Å². The predicted octanol–water partition coefficient (Wildman–Crippen LogP) is 1.93. The molecule has 1 aromatic rings. The minimum Gasteiger partial charge on any atom is -0.391 e. The molecule has 0 aliphatic carbocycles. The molecule has 0 radical (unpaired) electrons. The van der Waals surface area contributed by atoms with Crippen LogP contribution in [0.1, 0.15) is 18.9 Å². The molecule has 0 aliphatic rings. The van der Waals surface area contributed by atoms with E-state index in [1.54, 1.807) is 0 Å². The smallest absolute Gasteiger partial charge is 0.0695 e. The normalized spacial score (nSPS) is 15.3. The van der Waals surface area contributed by atoms with Crippen LogP contribution in [0.5, 0.6) is 0 Å². The second-order valence-electron chi connectivity index (χ2n) is 4.20.